The minimum absolute atomic E-state index is 0.130. The number of carbonyl (C=O) groups excluding carboxylic acids is 1. The minimum Gasteiger partial charge on any atom is -0.489 e. The highest BCUT2D eigenvalue weighted by Crippen LogP contribution is 2.15. The van der Waals surface area contributed by atoms with Crippen molar-refractivity contribution in [1.29, 1.82) is 0 Å². The topological polar surface area (TPSA) is 46.5 Å². The van der Waals surface area contributed by atoms with E-state index in [9.17, 15) is 4.79 Å². The number of Topliss-reactive ketones (excluding diaryl/α,β-unsaturated/α-hetero) is 1. The molecule has 20 heavy (non-hydrogen) atoms. The fourth-order valence-electron chi connectivity index (χ4n) is 1.86. The smallest absolute Gasteiger partial charge is 0.158 e. The molecule has 1 N–H and O–H groups in total. The van der Waals surface area contributed by atoms with E-state index in [-0.39, 0.29) is 12.4 Å². The van der Waals surface area contributed by atoms with Crippen LogP contribution in [0.5, 0.6) is 5.75 Å². The second-order valence-electron chi connectivity index (χ2n) is 4.62. The Balaban J connectivity index is 1.84. The van der Waals surface area contributed by atoms with Crippen LogP contribution in [0.1, 0.15) is 17.5 Å². The third-order valence-electron chi connectivity index (χ3n) is 3.04. The number of hydrogen-bond acceptors (Lipinski definition) is 3. The Kier molecular flexibility index (Phi) is 5.33. The predicted molar refractivity (Wildman–Crippen MR) is 77.6 cm³/mol. The van der Waals surface area contributed by atoms with E-state index in [0.29, 0.717) is 19.4 Å². The van der Waals surface area contributed by atoms with Crippen LogP contribution in [0.3, 0.4) is 0 Å². The molecular formula is C17H18O3. The number of carbonyl (C=O) groups is 1. The molecule has 2 rings (SSSR count). The van der Waals surface area contributed by atoms with E-state index in [1.165, 1.54) is 0 Å². The Morgan fingerprint density at radius 3 is 2.30 bits per heavy atom. The summed E-state index contributed by atoms with van der Waals surface area (Å²) in [4.78, 5) is 11.0. The Morgan fingerprint density at radius 2 is 1.65 bits per heavy atom. The molecule has 0 amide bonds. The van der Waals surface area contributed by atoms with Gasteiger partial charge in [0.2, 0.25) is 0 Å². The number of aryl methyl sites for hydroxylation is 1. The fraction of sp³-hybridized carbons (Fsp3) is 0.235. The lowest BCUT2D eigenvalue weighted by molar-refractivity contribution is -0.121. The number of ketones is 1. The maximum Gasteiger partial charge on any atom is 0.158 e. The summed E-state index contributed by atoms with van der Waals surface area (Å²) in [6.45, 7) is 0.168. The number of rotatable bonds is 7. The third-order valence-corrected chi connectivity index (χ3v) is 3.04. The highest BCUT2D eigenvalue weighted by atomic mass is 16.5. The lowest BCUT2D eigenvalue weighted by Crippen LogP contribution is -2.04. The average molecular weight is 270 g/mol. The van der Waals surface area contributed by atoms with Gasteiger partial charge >= 0.3 is 0 Å². The first kappa shape index (κ1) is 14.3. The van der Waals surface area contributed by atoms with E-state index in [0.717, 1.165) is 16.9 Å². The molecule has 104 valence electrons. The second-order valence-corrected chi connectivity index (χ2v) is 4.62. The number of hydrogen-bond donors (Lipinski definition) is 1. The van der Waals surface area contributed by atoms with Gasteiger partial charge in [-0.3, -0.25) is 4.79 Å². The van der Waals surface area contributed by atoms with Crippen LogP contribution in [0.4, 0.5) is 0 Å². The van der Waals surface area contributed by atoms with Gasteiger partial charge in [-0.05, 0) is 29.7 Å². The molecule has 0 saturated carbocycles. The van der Waals surface area contributed by atoms with E-state index in [1.54, 1.807) is 0 Å². The molecule has 0 fully saturated rings. The average Bonchev–Trinajstić information content (AvgIpc) is 2.52. The van der Waals surface area contributed by atoms with Crippen molar-refractivity contribution in [1.82, 2.24) is 0 Å². The first-order chi connectivity index (χ1) is 9.78. The number of benzene rings is 2. The summed E-state index contributed by atoms with van der Waals surface area (Å²) in [6, 6.07) is 17.7. The molecule has 0 aliphatic rings. The Labute approximate surface area is 118 Å². The van der Waals surface area contributed by atoms with Crippen molar-refractivity contribution < 1.29 is 14.6 Å². The molecule has 0 unspecified atom stereocenters. The lowest BCUT2D eigenvalue weighted by atomic mass is 10.1. The first-order valence-corrected chi connectivity index (χ1v) is 6.66. The molecule has 3 nitrogen and oxygen atoms in total. The summed E-state index contributed by atoms with van der Waals surface area (Å²) < 4.78 is 5.69. The van der Waals surface area contributed by atoms with Gasteiger partial charge in [0.25, 0.3) is 0 Å². The maximum atomic E-state index is 11.0. The van der Waals surface area contributed by atoms with Gasteiger partial charge in [-0.25, -0.2) is 0 Å². The zero-order valence-electron chi connectivity index (χ0n) is 11.3. The third kappa shape index (κ3) is 4.52. The summed E-state index contributed by atoms with van der Waals surface area (Å²) >= 11 is 0. The van der Waals surface area contributed by atoms with Crippen LogP contribution in [0, 0.1) is 0 Å². The van der Waals surface area contributed by atoms with Crippen LogP contribution < -0.4 is 4.74 Å². The van der Waals surface area contributed by atoms with Gasteiger partial charge in [0, 0.05) is 6.42 Å². The van der Waals surface area contributed by atoms with Crippen LogP contribution in [-0.2, 0) is 17.8 Å². The van der Waals surface area contributed by atoms with Gasteiger partial charge in [-0.2, -0.15) is 0 Å². The Bertz CT molecular complexity index is 532. The molecule has 3 heteroatoms. The normalized spacial score (nSPS) is 10.2. The Morgan fingerprint density at radius 1 is 0.950 bits per heavy atom. The summed E-state index contributed by atoms with van der Waals surface area (Å²) in [7, 11) is 0. The van der Waals surface area contributed by atoms with Crippen molar-refractivity contribution in [3.05, 3.63) is 65.7 Å². The molecule has 2 aromatic carbocycles. The molecular weight excluding hydrogens is 252 g/mol. The summed E-state index contributed by atoms with van der Waals surface area (Å²) in [5.41, 5.74) is 2.20. The van der Waals surface area contributed by atoms with Crippen molar-refractivity contribution in [3.63, 3.8) is 0 Å². The first-order valence-electron chi connectivity index (χ1n) is 6.66. The highest BCUT2D eigenvalue weighted by Gasteiger charge is 2.01. The second kappa shape index (κ2) is 7.46. The summed E-state index contributed by atoms with van der Waals surface area (Å²) in [6.07, 6.45) is 1.03. The van der Waals surface area contributed by atoms with Crippen LogP contribution in [0.25, 0.3) is 0 Å². The quantitative estimate of drug-likeness (QED) is 0.841. The molecule has 2 aromatic rings. The number of ether oxygens (including phenoxy) is 1. The van der Waals surface area contributed by atoms with Gasteiger partial charge < -0.3 is 9.84 Å². The van der Waals surface area contributed by atoms with E-state index < -0.39 is 0 Å². The maximum absolute atomic E-state index is 11.0. The van der Waals surface area contributed by atoms with E-state index in [1.807, 2.05) is 54.6 Å². The molecule has 0 aliphatic heterocycles. The molecule has 0 atom stereocenters. The highest BCUT2D eigenvalue weighted by molar-refractivity contribution is 5.79. The fourth-order valence-corrected chi connectivity index (χ4v) is 1.86. The van der Waals surface area contributed by atoms with Crippen LogP contribution in [0.15, 0.2) is 54.6 Å². The zero-order valence-corrected chi connectivity index (χ0v) is 11.3. The summed E-state index contributed by atoms with van der Waals surface area (Å²) in [5, 5.41) is 8.67. The molecule has 0 heterocycles. The largest absolute Gasteiger partial charge is 0.489 e. The van der Waals surface area contributed by atoms with E-state index in [4.69, 9.17) is 9.84 Å². The SMILES string of the molecule is O=C(CO)CCc1ccc(OCc2ccccc2)cc1. The van der Waals surface area contributed by atoms with E-state index >= 15 is 0 Å². The van der Waals surface area contributed by atoms with Crippen molar-refractivity contribution in [2.45, 2.75) is 19.4 Å². The van der Waals surface area contributed by atoms with Crippen molar-refractivity contribution in [3.8, 4) is 5.75 Å². The Hall–Kier alpha value is -2.13. The van der Waals surface area contributed by atoms with Crippen LogP contribution in [0.2, 0.25) is 0 Å². The number of aliphatic hydroxyl groups excluding tert-OH is 1. The molecule has 0 radical (unpaired) electrons. The number of aliphatic hydroxyl groups is 1. The molecule has 0 aliphatic carbocycles. The van der Waals surface area contributed by atoms with Crippen molar-refractivity contribution in [2.24, 2.45) is 0 Å². The predicted octanol–water partition coefficient (Wildman–Crippen LogP) is 2.76. The van der Waals surface area contributed by atoms with Crippen LogP contribution >= 0.6 is 0 Å². The molecule has 0 aromatic heterocycles. The molecule has 0 saturated heterocycles. The van der Waals surface area contributed by atoms with Crippen molar-refractivity contribution in [2.75, 3.05) is 6.61 Å². The van der Waals surface area contributed by atoms with Gasteiger partial charge in [-0.1, -0.05) is 42.5 Å². The molecule has 0 bridgehead atoms. The van der Waals surface area contributed by atoms with Gasteiger partial charge in [-0.15, -0.1) is 0 Å². The monoisotopic (exact) mass is 270 g/mol. The van der Waals surface area contributed by atoms with E-state index in [2.05, 4.69) is 0 Å². The van der Waals surface area contributed by atoms with Gasteiger partial charge in [0.1, 0.15) is 19.0 Å². The van der Waals surface area contributed by atoms with Crippen molar-refractivity contribution >= 4 is 5.78 Å². The van der Waals surface area contributed by atoms with Gasteiger partial charge in [0.15, 0.2) is 5.78 Å². The summed E-state index contributed by atoms with van der Waals surface area (Å²) in [5.74, 6) is 0.681. The zero-order chi connectivity index (χ0) is 14.2. The lowest BCUT2D eigenvalue weighted by Gasteiger charge is -2.07. The minimum atomic E-state index is -0.377. The van der Waals surface area contributed by atoms with Gasteiger partial charge in [0.05, 0.1) is 0 Å². The molecule has 0 spiro atoms. The van der Waals surface area contributed by atoms with Crippen LogP contribution in [-0.4, -0.2) is 17.5 Å². The standard InChI is InChI=1S/C17H18O3/c18-12-16(19)9-6-14-7-10-17(11-8-14)20-13-15-4-2-1-3-5-15/h1-5,7-8,10-11,18H,6,9,12-13H2.